The first kappa shape index (κ1) is 13.9. The Morgan fingerprint density at radius 2 is 1.95 bits per heavy atom. The van der Waals surface area contributed by atoms with Crippen LogP contribution in [0.4, 0.5) is 0 Å². The number of ether oxygens (including phenoxy) is 1. The number of hydrogen-bond donors (Lipinski definition) is 0. The molecule has 2 heteroatoms. The first-order chi connectivity index (χ1) is 9.28. The minimum atomic E-state index is -0.181. The fraction of sp³-hybridized carbons (Fsp3) is 0.471. The van der Waals surface area contributed by atoms with Crippen LogP contribution >= 0.6 is 0 Å². The van der Waals surface area contributed by atoms with Crippen molar-refractivity contribution in [2.75, 3.05) is 6.61 Å². The molecule has 0 heterocycles. The number of allylic oxidation sites excluding steroid dienone is 1. The molecule has 1 aromatic rings. The summed E-state index contributed by atoms with van der Waals surface area (Å²) in [6.45, 7) is 2.30. The SMILES string of the molecule is CCOC(=O)C=C1CCC(Cc2ccccc2)CC1. The van der Waals surface area contributed by atoms with Crippen molar-refractivity contribution in [3.05, 3.63) is 47.5 Å². The van der Waals surface area contributed by atoms with E-state index in [1.54, 1.807) is 6.08 Å². The molecular weight excluding hydrogens is 236 g/mol. The predicted molar refractivity (Wildman–Crippen MR) is 76.8 cm³/mol. The average Bonchev–Trinajstić information content (AvgIpc) is 2.42. The summed E-state index contributed by atoms with van der Waals surface area (Å²) >= 11 is 0. The molecule has 1 saturated carbocycles. The van der Waals surface area contributed by atoms with Crippen molar-refractivity contribution in [1.82, 2.24) is 0 Å². The van der Waals surface area contributed by atoms with Crippen LogP contribution in [0.3, 0.4) is 0 Å². The van der Waals surface area contributed by atoms with Gasteiger partial charge in [0.25, 0.3) is 0 Å². The highest BCUT2D eigenvalue weighted by molar-refractivity contribution is 5.82. The van der Waals surface area contributed by atoms with Crippen LogP contribution in [0.5, 0.6) is 0 Å². The topological polar surface area (TPSA) is 26.3 Å². The Labute approximate surface area is 115 Å². The fourth-order valence-corrected chi connectivity index (χ4v) is 2.69. The molecule has 0 unspecified atom stereocenters. The Kier molecular flexibility index (Phi) is 5.20. The molecule has 0 spiro atoms. The van der Waals surface area contributed by atoms with Crippen LogP contribution in [0.25, 0.3) is 0 Å². The Bertz CT molecular complexity index is 424. The molecule has 0 N–H and O–H groups in total. The summed E-state index contributed by atoms with van der Waals surface area (Å²) in [5.74, 6) is 0.570. The highest BCUT2D eigenvalue weighted by Crippen LogP contribution is 2.30. The molecule has 2 nitrogen and oxygen atoms in total. The molecule has 1 aliphatic carbocycles. The van der Waals surface area contributed by atoms with Gasteiger partial charge in [0.2, 0.25) is 0 Å². The van der Waals surface area contributed by atoms with Gasteiger partial charge in [-0.2, -0.15) is 0 Å². The number of benzene rings is 1. The molecule has 2 rings (SSSR count). The molecule has 0 aliphatic heterocycles. The number of carbonyl (C=O) groups is 1. The van der Waals surface area contributed by atoms with E-state index in [9.17, 15) is 4.79 Å². The minimum Gasteiger partial charge on any atom is -0.463 e. The van der Waals surface area contributed by atoms with Crippen molar-refractivity contribution in [2.45, 2.75) is 39.0 Å². The number of esters is 1. The molecule has 0 aromatic heterocycles. The van der Waals surface area contributed by atoms with Gasteiger partial charge in [0.1, 0.15) is 0 Å². The van der Waals surface area contributed by atoms with Gasteiger partial charge >= 0.3 is 5.97 Å². The molecule has 19 heavy (non-hydrogen) atoms. The van der Waals surface area contributed by atoms with Crippen molar-refractivity contribution in [3.63, 3.8) is 0 Å². The lowest BCUT2D eigenvalue weighted by molar-refractivity contribution is -0.137. The maximum Gasteiger partial charge on any atom is 0.330 e. The third-order valence-electron chi connectivity index (χ3n) is 3.72. The maximum atomic E-state index is 11.4. The summed E-state index contributed by atoms with van der Waals surface area (Å²) in [6.07, 6.45) is 7.29. The average molecular weight is 258 g/mol. The zero-order valence-corrected chi connectivity index (χ0v) is 11.6. The van der Waals surface area contributed by atoms with Gasteiger partial charge in [0, 0.05) is 6.08 Å². The van der Waals surface area contributed by atoms with E-state index in [2.05, 4.69) is 30.3 Å². The van der Waals surface area contributed by atoms with Crippen LogP contribution in [-0.4, -0.2) is 12.6 Å². The Morgan fingerprint density at radius 3 is 2.58 bits per heavy atom. The molecule has 0 atom stereocenters. The molecule has 0 radical (unpaired) electrons. The second-order valence-corrected chi connectivity index (χ2v) is 5.19. The van der Waals surface area contributed by atoms with Crippen molar-refractivity contribution in [3.8, 4) is 0 Å². The fourth-order valence-electron chi connectivity index (χ4n) is 2.69. The van der Waals surface area contributed by atoms with Crippen LogP contribution in [0.2, 0.25) is 0 Å². The van der Waals surface area contributed by atoms with Crippen LogP contribution < -0.4 is 0 Å². The first-order valence-electron chi connectivity index (χ1n) is 7.18. The lowest BCUT2D eigenvalue weighted by atomic mass is 9.82. The quantitative estimate of drug-likeness (QED) is 0.604. The first-order valence-corrected chi connectivity index (χ1v) is 7.18. The van der Waals surface area contributed by atoms with Gasteiger partial charge in [-0.05, 0) is 50.5 Å². The summed E-state index contributed by atoms with van der Waals surface area (Å²) in [5.41, 5.74) is 2.67. The molecule has 102 valence electrons. The molecule has 0 bridgehead atoms. The maximum absolute atomic E-state index is 11.4. The van der Waals surface area contributed by atoms with E-state index in [0.717, 1.165) is 25.2 Å². The zero-order chi connectivity index (χ0) is 13.5. The van der Waals surface area contributed by atoms with Crippen LogP contribution in [0.1, 0.15) is 38.2 Å². The van der Waals surface area contributed by atoms with E-state index in [-0.39, 0.29) is 5.97 Å². The lowest BCUT2D eigenvalue weighted by Crippen LogP contribution is -2.12. The Balaban J connectivity index is 1.81. The van der Waals surface area contributed by atoms with E-state index >= 15 is 0 Å². The minimum absolute atomic E-state index is 0.181. The van der Waals surface area contributed by atoms with E-state index < -0.39 is 0 Å². The zero-order valence-electron chi connectivity index (χ0n) is 11.6. The van der Waals surface area contributed by atoms with Gasteiger partial charge in [0.15, 0.2) is 0 Å². The van der Waals surface area contributed by atoms with Crippen molar-refractivity contribution in [1.29, 1.82) is 0 Å². The van der Waals surface area contributed by atoms with Crippen molar-refractivity contribution < 1.29 is 9.53 Å². The van der Waals surface area contributed by atoms with Crippen LogP contribution in [0, 0.1) is 5.92 Å². The smallest absolute Gasteiger partial charge is 0.330 e. The summed E-state index contributed by atoms with van der Waals surface area (Å²) < 4.78 is 4.95. The third-order valence-corrected chi connectivity index (χ3v) is 3.72. The van der Waals surface area contributed by atoms with Gasteiger partial charge in [0.05, 0.1) is 6.61 Å². The molecule has 1 aliphatic rings. The summed E-state index contributed by atoms with van der Waals surface area (Å²) in [7, 11) is 0. The van der Waals surface area contributed by atoms with Crippen molar-refractivity contribution >= 4 is 5.97 Å². The Morgan fingerprint density at radius 1 is 1.26 bits per heavy atom. The molecular formula is C17H22O2. The summed E-state index contributed by atoms with van der Waals surface area (Å²) in [6, 6.07) is 10.7. The second-order valence-electron chi connectivity index (χ2n) is 5.19. The van der Waals surface area contributed by atoms with Gasteiger partial charge in [-0.25, -0.2) is 4.79 Å². The van der Waals surface area contributed by atoms with Crippen molar-refractivity contribution in [2.24, 2.45) is 5.92 Å². The van der Waals surface area contributed by atoms with Gasteiger partial charge < -0.3 is 4.74 Å². The normalized spacial score (nSPS) is 19.0. The van der Waals surface area contributed by atoms with E-state index in [4.69, 9.17) is 4.74 Å². The summed E-state index contributed by atoms with van der Waals surface area (Å²) in [4.78, 5) is 11.4. The summed E-state index contributed by atoms with van der Waals surface area (Å²) in [5, 5.41) is 0. The van der Waals surface area contributed by atoms with Gasteiger partial charge in [-0.1, -0.05) is 35.9 Å². The van der Waals surface area contributed by atoms with E-state index in [1.165, 1.54) is 24.0 Å². The second kappa shape index (κ2) is 7.13. The monoisotopic (exact) mass is 258 g/mol. The van der Waals surface area contributed by atoms with Gasteiger partial charge in [-0.3, -0.25) is 0 Å². The number of hydrogen-bond acceptors (Lipinski definition) is 2. The molecule has 1 fully saturated rings. The Hall–Kier alpha value is -1.57. The standard InChI is InChI=1S/C17H22O2/c1-2-19-17(18)13-16-10-8-15(9-11-16)12-14-6-4-3-5-7-14/h3-7,13,15H,2,8-12H2,1H3. The van der Waals surface area contributed by atoms with Crippen LogP contribution in [0.15, 0.2) is 42.0 Å². The molecule has 0 amide bonds. The molecule has 1 aromatic carbocycles. The molecule has 0 saturated heterocycles. The highest BCUT2D eigenvalue weighted by Gasteiger charge is 2.17. The predicted octanol–water partition coefficient (Wildman–Crippen LogP) is 3.91. The largest absolute Gasteiger partial charge is 0.463 e. The number of rotatable bonds is 4. The van der Waals surface area contributed by atoms with E-state index in [1.807, 2.05) is 6.92 Å². The highest BCUT2D eigenvalue weighted by atomic mass is 16.5. The van der Waals surface area contributed by atoms with Gasteiger partial charge in [-0.15, -0.1) is 0 Å². The van der Waals surface area contributed by atoms with E-state index in [0.29, 0.717) is 6.61 Å². The third kappa shape index (κ3) is 4.55. The number of carbonyl (C=O) groups excluding carboxylic acids is 1. The lowest BCUT2D eigenvalue weighted by Gasteiger charge is -2.23. The van der Waals surface area contributed by atoms with Crippen LogP contribution in [-0.2, 0) is 16.0 Å².